The number of likely N-dealkylation sites (tertiary alicyclic amines) is 1. The third kappa shape index (κ3) is 7.11. The van der Waals surface area contributed by atoms with Gasteiger partial charge in [0.1, 0.15) is 12.1 Å². The van der Waals surface area contributed by atoms with Crippen LogP contribution in [0.15, 0.2) is 24.3 Å². The first-order chi connectivity index (χ1) is 19.0. The average molecular weight is 557 g/mol. The number of Topliss-reactive ketones (excluding diaryl/α,β-unsaturated/α-hetero) is 1. The van der Waals surface area contributed by atoms with Crippen molar-refractivity contribution in [3.63, 3.8) is 0 Å². The molecule has 1 aromatic carbocycles. The van der Waals surface area contributed by atoms with Crippen LogP contribution in [0.25, 0.3) is 0 Å². The maximum Gasteiger partial charge on any atom is 0.426 e. The van der Waals surface area contributed by atoms with E-state index >= 15 is 0 Å². The fourth-order valence-electron chi connectivity index (χ4n) is 5.63. The summed E-state index contributed by atoms with van der Waals surface area (Å²) < 4.78 is 0. The van der Waals surface area contributed by atoms with Crippen LogP contribution < -0.4 is 15.5 Å². The molecule has 4 rings (SSSR count). The Balaban J connectivity index is 1.39. The summed E-state index contributed by atoms with van der Waals surface area (Å²) in [4.78, 5) is 63.7. The number of piperazine rings is 1. The van der Waals surface area contributed by atoms with Crippen LogP contribution in [0.3, 0.4) is 0 Å². The summed E-state index contributed by atoms with van der Waals surface area (Å²) in [7, 11) is 2.11. The van der Waals surface area contributed by atoms with Gasteiger partial charge in [-0.15, -0.1) is 5.06 Å². The molecule has 0 bridgehead atoms. The van der Waals surface area contributed by atoms with Gasteiger partial charge in [-0.3, -0.25) is 14.4 Å². The van der Waals surface area contributed by atoms with Gasteiger partial charge in [-0.05, 0) is 56.0 Å². The van der Waals surface area contributed by atoms with Crippen molar-refractivity contribution in [2.45, 2.75) is 58.7 Å². The van der Waals surface area contributed by atoms with Crippen molar-refractivity contribution in [2.24, 2.45) is 11.8 Å². The smallest absolute Gasteiger partial charge is 0.369 e. The SMILES string of the molecule is CC(C)CNC(=O)ON1CC(=O)C2C1CCN2C(=O)C(CC(C)C)NC(=O)c1ccc(N2CCN(C)CC2)cc1. The minimum atomic E-state index is -0.763. The average Bonchev–Trinajstić information content (AvgIpc) is 3.48. The lowest BCUT2D eigenvalue weighted by Crippen LogP contribution is -2.53. The number of likely N-dealkylation sites (N-methyl/N-ethyl adjacent to an activating group) is 1. The molecule has 3 unspecified atom stereocenters. The van der Waals surface area contributed by atoms with Crippen molar-refractivity contribution in [1.82, 2.24) is 25.5 Å². The van der Waals surface area contributed by atoms with E-state index in [-0.39, 0.29) is 36.0 Å². The Morgan fingerprint density at radius 3 is 2.27 bits per heavy atom. The molecule has 11 nitrogen and oxygen atoms in total. The van der Waals surface area contributed by atoms with Gasteiger partial charge in [0.2, 0.25) is 5.91 Å². The highest BCUT2D eigenvalue weighted by atomic mass is 16.7. The molecule has 1 aromatic rings. The van der Waals surface area contributed by atoms with Gasteiger partial charge in [-0.2, -0.15) is 0 Å². The number of carbonyl (C=O) groups excluding carboxylic acids is 4. The van der Waals surface area contributed by atoms with E-state index < -0.39 is 24.2 Å². The first-order valence-electron chi connectivity index (χ1n) is 14.4. The van der Waals surface area contributed by atoms with Gasteiger partial charge in [-0.1, -0.05) is 27.7 Å². The fraction of sp³-hybridized carbons (Fsp3) is 0.655. The second-order valence-corrected chi connectivity index (χ2v) is 12.0. The Morgan fingerprint density at radius 1 is 0.975 bits per heavy atom. The van der Waals surface area contributed by atoms with Crippen LogP contribution in [-0.2, 0) is 14.4 Å². The Kier molecular flexibility index (Phi) is 9.68. The van der Waals surface area contributed by atoms with E-state index in [0.29, 0.717) is 31.5 Å². The van der Waals surface area contributed by atoms with Crippen LogP contribution >= 0.6 is 0 Å². The lowest BCUT2D eigenvalue weighted by Gasteiger charge is -2.34. The van der Waals surface area contributed by atoms with Crippen LogP contribution in [0.5, 0.6) is 0 Å². The summed E-state index contributed by atoms with van der Waals surface area (Å²) in [6.45, 7) is 12.6. The van der Waals surface area contributed by atoms with E-state index in [1.807, 2.05) is 39.8 Å². The highest BCUT2D eigenvalue weighted by molar-refractivity contribution is 5.99. The van der Waals surface area contributed by atoms with Gasteiger partial charge >= 0.3 is 6.09 Å². The third-order valence-corrected chi connectivity index (χ3v) is 7.82. The van der Waals surface area contributed by atoms with Crippen molar-refractivity contribution in [3.8, 4) is 0 Å². The maximum absolute atomic E-state index is 13.7. The normalized spacial score (nSPS) is 22.5. The number of nitrogens with one attached hydrogen (secondary N) is 2. The van der Waals surface area contributed by atoms with Crippen molar-refractivity contribution in [3.05, 3.63) is 29.8 Å². The summed E-state index contributed by atoms with van der Waals surface area (Å²) in [5, 5.41) is 7.03. The molecular weight excluding hydrogens is 512 g/mol. The minimum Gasteiger partial charge on any atom is -0.369 e. The van der Waals surface area contributed by atoms with Crippen LogP contribution in [0, 0.1) is 11.8 Å². The molecule has 11 heteroatoms. The number of hydrogen-bond acceptors (Lipinski definition) is 8. The Hall–Kier alpha value is -3.18. The standard InChI is InChI=1S/C29H44N6O5/c1-19(2)16-23(31-27(37)21-6-8-22(9-7-21)33-14-12-32(5)13-15-33)28(38)34-11-10-24-26(34)25(36)18-35(24)40-29(39)30-17-20(3)4/h6-9,19-20,23-24,26H,10-18H2,1-5H3,(H,30,39)(H,31,37). The lowest BCUT2D eigenvalue weighted by molar-refractivity contribution is -0.138. The monoisotopic (exact) mass is 556 g/mol. The quantitative estimate of drug-likeness (QED) is 0.473. The number of hydroxylamine groups is 2. The van der Waals surface area contributed by atoms with Crippen LogP contribution in [0.1, 0.15) is 50.9 Å². The molecule has 220 valence electrons. The van der Waals surface area contributed by atoms with Crippen LogP contribution in [0.2, 0.25) is 0 Å². The Labute approximate surface area is 237 Å². The highest BCUT2D eigenvalue weighted by Gasteiger charge is 2.52. The summed E-state index contributed by atoms with van der Waals surface area (Å²) in [5.41, 5.74) is 1.56. The van der Waals surface area contributed by atoms with Gasteiger partial charge in [0, 0.05) is 50.5 Å². The molecule has 40 heavy (non-hydrogen) atoms. The topological polar surface area (TPSA) is 115 Å². The van der Waals surface area contributed by atoms with E-state index in [2.05, 4.69) is 27.5 Å². The van der Waals surface area contributed by atoms with Gasteiger partial charge in [-0.25, -0.2) is 4.79 Å². The molecule has 3 aliphatic heterocycles. The zero-order chi connectivity index (χ0) is 29.0. The Bertz CT molecular complexity index is 1070. The lowest BCUT2D eigenvalue weighted by atomic mass is 10.0. The molecule has 0 aromatic heterocycles. The Morgan fingerprint density at radius 2 is 1.65 bits per heavy atom. The van der Waals surface area contributed by atoms with Crippen LogP contribution in [-0.4, -0.2) is 110 Å². The number of amides is 3. The predicted octanol–water partition coefficient (Wildman–Crippen LogP) is 1.73. The van der Waals surface area contributed by atoms with Gasteiger partial charge in [0.15, 0.2) is 5.78 Å². The molecular formula is C29H44N6O5. The number of ketones is 1. The van der Waals surface area contributed by atoms with Crippen molar-refractivity contribution in [1.29, 1.82) is 0 Å². The molecule has 0 aliphatic carbocycles. The van der Waals surface area contributed by atoms with Crippen molar-refractivity contribution in [2.75, 3.05) is 57.8 Å². The minimum absolute atomic E-state index is 0.0604. The second-order valence-electron chi connectivity index (χ2n) is 12.0. The van der Waals surface area contributed by atoms with Gasteiger partial charge in [0.25, 0.3) is 5.91 Å². The summed E-state index contributed by atoms with van der Waals surface area (Å²) in [6, 6.07) is 5.65. The summed E-state index contributed by atoms with van der Waals surface area (Å²) >= 11 is 0. The van der Waals surface area contributed by atoms with E-state index in [4.69, 9.17) is 4.84 Å². The molecule has 3 heterocycles. The molecule has 3 atom stereocenters. The number of anilines is 1. The molecule has 2 N–H and O–H groups in total. The highest BCUT2D eigenvalue weighted by Crippen LogP contribution is 2.31. The molecule has 0 saturated carbocycles. The van der Waals surface area contributed by atoms with E-state index in [1.165, 1.54) is 5.06 Å². The maximum atomic E-state index is 13.7. The zero-order valence-electron chi connectivity index (χ0n) is 24.4. The second kappa shape index (κ2) is 13.0. The van der Waals surface area contributed by atoms with Gasteiger partial charge in [0.05, 0.1) is 12.6 Å². The molecule has 3 amide bonds. The number of rotatable bonds is 9. The van der Waals surface area contributed by atoms with Crippen LogP contribution in [0.4, 0.5) is 10.5 Å². The number of hydrogen-bond donors (Lipinski definition) is 2. The zero-order valence-corrected chi connectivity index (χ0v) is 24.4. The molecule has 3 saturated heterocycles. The number of carbonyl (C=O) groups is 4. The third-order valence-electron chi connectivity index (χ3n) is 7.82. The largest absolute Gasteiger partial charge is 0.426 e. The van der Waals surface area contributed by atoms with E-state index in [0.717, 1.165) is 31.9 Å². The van der Waals surface area contributed by atoms with Gasteiger partial charge < -0.3 is 30.2 Å². The predicted molar refractivity (Wildman–Crippen MR) is 152 cm³/mol. The summed E-state index contributed by atoms with van der Waals surface area (Å²) in [5.74, 6) is -0.340. The number of fused-ring (bicyclic) bond motifs is 1. The van der Waals surface area contributed by atoms with E-state index in [9.17, 15) is 19.2 Å². The summed E-state index contributed by atoms with van der Waals surface area (Å²) in [6.07, 6.45) is 0.357. The number of nitrogens with zero attached hydrogens (tertiary/aromatic N) is 4. The first kappa shape index (κ1) is 29.8. The molecule has 3 aliphatic rings. The molecule has 0 spiro atoms. The molecule has 0 radical (unpaired) electrons. The fourth-order valence-corrected chi connectivity index (χ4v) is 5.63. The number of benzene rings is 1. The van der Waals surface area contributed by atoms with E-state index in [1.54, 1.807) is 17.0 Å². The first-order valence-corrected chi connectivity index (χ1v) is 14.4. The molecule has 3 fully saturated rings. The van der Waals surface area contributed by atoms with Crippen molar-refractivity contribution >= 4 is 29.4 Å². The van der Waals surface area contributed by atoms with Crippen molar-refractivity contribution < 1.29 is 24.0 Å².